The number of piperidine rings is 1. The van der Waals surface area contributed by atoms with Crippen LogP contribution in [-0.2, 0) is 26.8 Å². The summed E-state index contributed by atoms with van der Waals surface area (Å²) in [4.78, 5) is 12.5. The number of carbonyl (C=O) groups is 1. The Bertz CT molecular complexity index is 989. The molecule has 168 valence electrons. The minimum atomic E-state index is -3.49. The highest BCUT2D eigenvalue weighted by molar-refractivity contribution is 7.89. The molecular weight excluding hydrogens is 412 g/mol. The number of sulfonamides is 1. The summed E-state index contributed by atoms with van der Waals surface area (Å²) in [6, 6.07) is 14.5. The Kier molecular flexibility index (Phi) is 7.38. The summed E-state index contributed by atoms with van der Waals surface area (Å²) in [6.07, 6.45) is 2.86. The summed E-state index contributed by atoms with van der Waals surface area (Å²) in [5.41, 5.74) is 2.00. The fraction of sp³-hybridized carbons (Fsp3) is 0.458. The van der Waals surface area contributed by atoms with Gasteiger partial charge in [0.15, 0.2) is 6.61 Å². The molecule has 0 aliphatic carbocycles. The van der Waals surface area contributed by atoms with Crippen molar-refractivity contribution >= 4 is 15.9 Å². The molecule has 0 bridgehead atoms. The van der Waals surface area contributed by atoms with Gasteiger partial charge < -0.3 is 10.1 Å². The second kappa shape index (κ2) is 9.83. The van der Waals surface area contributed by atoms with Crippen LogP contribution in [0.4, 0.5) is 0 Å². The van der Waals surface area contributed by atoms with Crippen LogP contribution in [0.3, 0.4) is 0 Å². The number of carbonyl (C=O) groups excluding carboxylic acids is 1. The average Bonchev–Trinajstić information content (AvgIpc) is 2.77. The van der Waals surface area contributed by atoms with Gasteiger partial charge in [-0.1, -0.05) is 51.5 Å². The summed E-state index contributed by atoms with van der Waals surface area (Å²) in [5.74, 6) is 0.377. The van der Waals surface area contributed by atoms with Crippen molar-refractivity contribution in [3.63, 3.8) is 0 Å². The molecule has 2 aromatic rings. The summed E-state index contributed by atoms with van der Waals surface area (Å²) >= 11 is 0. The van der Waals surface area contributed by atoms with Gasteiger partial charge >= 0.3 is 0 Å². The zero-order chi connectivity index (χ0) is 22.5. The van der Waals surface area contributed by atoms with Gasteiger partial charge in [-0.15, -0.1) is 0 Å². The van der Waals surface area contributed by atoms with E-state index in [1.165, 1.54) is 5.56 Å². The van der Waals surface area contributed by atoms with E-state index in [0.29, 0.717) is 18.8 Å². The monoisotopic (exact) mass is 444 g/mol. The first-order chi connectivity index (χ1) is 14.7. The van der Waals surface area contributed by atoms with Crippen LogP contribution < -0.4 is 10.1 Å². The first-order valence-corrected chi connectivity index (χ1v) is 12.2. The van der Waals surface area contributed by atoms with Crippen LogP contribution in [-0.4, -0.2) is 38.3 Å². The van der Waals surface area contributed by atoms with Gasteiger partial charge in [0.2, 0.25) is 10.0 Å². The standard InChI is InChI=1S/C24H32N2O4S/c1-24(2,3)20-10-12-21(13-11-20)30-18-23(27)25-17-19-8-7-9-22(16-19)31(28,29)26-14-5-4-6-15-26/h7-13,16H,4-6,14-15,17-18H2,1-3H3,(H,25,27). The molecule has 6 nitrogen and oxygen atoms in total. The van der Waals surface area contributed by atoms with Gasteiger partial charge in [0.1, 0.15) is 5.75 Å². The van der Waals surface area contributed by atoms with Crippen molar-refractivity contribution in [1.29, 1.82) is 0 Å². The van der Waals surface area contributed by atoms with Gasteiger partial charge in [-0.2, -0.15) is 4.31 Å². The SMILES string of the molecule is CC(C)(C)c1ccc(OCC(=O)NCc2cccc(S(=O)(=O)N3CCCCC3)c2)cc1. The lowest BCUT2D eigenvalue weighted by atomic mass is 9.87. The first kappa shape index (κ1) is 23.3. The molecule has 0 saturated carbocycles. The van der Waals surface area contributed by atoms with E-state index in [1.54, 1.807) is 22.5 Å². The Hall–Kier alpha value is -2.38. The predicted molar refractivity (Wildman–Crippen MR) is 122 cm³/mol. The lowest BCUT2D eigenvalue weighted by molar-refractivity contribution is -0.123. The first-order valence-electron chi connectivity index (χ1n) is 10.8. The maximum atomic E-state index is 12.8. The molecule has 1 aliphatic rings. The van der Waals surface area contributed by atoms with E-state index >= 15 is 0 Å². The van der Waals surface area contributed by atoms with Gasteiger partial charge in [-0.3, -0.25) is 4.79 Å². The minimum absolute atomic E-state index is 0.0614. The number of hydrogen-bond acceptors (Lipinski definition) is 4. The van der Waals surface area contributed by atoms with Gasteiger partial charge in [-0.05, 0) is 53.6 Å². The molecule has 0 aromatic heterocycles. The second-order valence-corrected chi connectivity index (χ2v) is 10.9. The largest absolute Gasteiger partial charge is 0.484 e. The van der Waals surface area contributed by atoms with Crippen molar-refractivity contribution in [3.05, 3.63) is 59.7 Å². The maximum Gasteiger partial charge on any atom is 0.258 e. The zero-order valence-corrected chi connectivity index (χ0v) is 19.4. The molecule has 0 atom stereocenters. The van der Waals surface area contributed by atoms with Crippen LogP contribution in [0.2, 0.25) is 0 Å². The van der Waals surface area contributed by atoms with Crippen molar-refractivity contribution < 1.29 is 17.9 Å². The molecule has 0 spiro atoms. The summed E-state index contributed by atoms with van der Waals surface area (Å²) in [7, 11) is -3.49. The Morgan fingerprint density at radius 2 is 1.71 bits per heavy atom. The molecular formula is C24H32N2O4S. The lowest BCUT2D eigenvalue weighted by Gasteiger charge is -2.26. The summed E-state index contributed by atoms with van der Waals surface area (Å²) in [6.45, 7) is 7.71. The minimum Gasteiger partial charge on any atom is -0.484 e. The number of rotatable bonds is 7. The topological polar surface area (TPSA) is 75.7 Å². The smallest absolute Gasteiger partial charge is 0.258 e. The van der Waals surface area contributed by atoms with Crippen LogP contribution in [0, 0.1) is 0 Å². The Labute approximate surface area is 185 Å². The van der Waals surface area contributed by atoms with Crippen molar-refractivity contribution in [2.45, 2.75) is 56.9 Å². The molecule has 0 radical (unpaired) electrons. The Morgan fingerprint density at radius 3 is 2.35 bits per heavy atom. The molecule has 1 fully saturated rings. The van der Waals surface area contributed by atoms with Crippen LogP contribution in [0.25, 0.3) is 0 Å². The van der Waals surface area contributed by atoms with Crippen LogP contribution in [0.1, 0.15) is 51.2 Å². The highest BCUT2D eigenvalue weighted by atomic mass is 32.2. The zero-order valence-electron chi connectivity index (χ0n) is 18.6. The molecule has 1 N–H and O–H groups in total. The van der Waals surface area contributed by atoms with Crippen molar-refractivity contribution in [3.8, 4) is 5.75 Å². The quantitative estimate of drug-likeness (QED) is 0.704. The van der Waals surface area contributed by atoms with Crippen molar-refractivity contribution in [2.75, 3.05) is 19.7 Å². The number of hydrogen-bond donors (Lipinski definition) is 1. The van der Waals surface area contributed by atoms with E-state index in [-0.39, 0.29) is 29.4 Å². The van der Waals surface area contributed by atoms with E-state index < -0.39 is 10.0 Å². The molecule has 1 saturated heterocycles. The number of benzene rings is 2. The van der Waals surface area contributed by atoms with Gasteiger partial charge in [-0.25, -0.2) is 8.42 Å². The molecule has 1 heterocycles. The third-order valence-corrected chi connectivity index (χ3v) is 7.33. The molecule has 0 unspecified atom stereocenters. The second-order valence-electron chi connectivity index (χ2n) is 8.95. The summed E-state index contributed by atoms with van der Waals surface area (Å²) in [5, 5.41) is 2.79. The van der Waals surface area contributed by atoms with Crippen LogP contribution >= 0.6 is 0 Å². The third-order valence-electron chi connectivity index (χ3n) is 5.43. The highest BCUT2D eigenvalue weighted by Crippen LogP contribution is 2.24. The normalized spacial score (nSPS) is 15.5. The predicted octanol–water partition coefficient (Wildman–Crippen LogP) is 3.85. The number of nitrogens with zero attached hydrogens (tertiary/aromatic N) is 1. The third kappa shape index (κ3) is 6.31. The Balaban J connectivity index is 1.53. The fourth-order valence-corrected chi connectivity index (χ4v) is 5.11. The fourth-order valence-electron chi connectivity index (χ4n) is 3.52. The van der Waals surface area contributed by atoms with E-state index in [2.05, 4.69) is 26.1 Å². The van der Waals surface area contributed by atoms with Gasteiger partial charge in [0, 0.05) is 19.6 Å². The van der Waals surface area contributed by atoms with E-state index in [0.717, 1.165) is 24.8 Å². The maximum absolute atomic E-state index is 12.8. The number of amides is 1. The molecule has 7 heteroatoms. The molecule has 1 amide bonds. The number of ether oxygens (including phenoxy) is 1. The van der Waals surface area contributed by atoms with Gasteiger partial charge in [0.25, 0.3) is 5.91 Å². The summed E-state index contributed by atoms with van der Waals surface area (Å²) < 4.78 is 32.8. The molecule has 2 aromatic carbocycles. The van der Waals surface area contributed by atoms with E-state index in [1.807, 2.05) is 30.3 Å². The average molecular weight is 445 g/mol. The number of nitrogens with one attached hydrogen (secondary N) is 1. The highest BCUT2D eigenvalue weighted by Gasteiger charge is 2.25. The molecule has 31 heavy (non-hydrogen) atoms. The van der Waals surface area contributed by atoms with Gasteiger partial charge in [0.05, 0.1) is 4.90 Å². The van der Waals surface area contributed by atoms with E-state index in [4.69, 9.17) is 4.74 Å². The van der Waals surface area contributed by atoms with Crippen molar-refractivity contribution in [2.24, 2.45) is 0 Å². The van der Waals surface area contributed by atoms with E-state index in [9.17, 15) is 13.2 Å². The lowest BCUT2D eigenvalue weighted by Crippen LogP contribution is -2.35. The molecule has 3 rings (SSSR count). The molecule has 1 aliphatic heterocycles. The van der Waals surface area contributed by atoms with Crippen molar-refractivity contribution in [1.82, 2.24) is 9.62 Å². The van der Waals surface area contributed by atoms with Crippen LogP contribution in [0.5, 0.6) is 5.75 Å². The Morgan fingerprint density at radius 1 is 1.03 bits per heavy atom. The van der Waals surface area contributed by atoms with Crippen LogP contribution in [0.15, 0.2) is 53.4 Å².